The molecule has 2 N–H and O–H groups in total. The van der Waals surface area contributed by atoms with E-state index in [0.717, 1.165) is 11.2 Å². The van der Waals surface area contributed by atoms with Crippen molar-refractivity contribution in [2.75, 3.05) is 5.32 Å². The lowest BCUT2D eigenvalue weighted by Gasteiger charge is -2.08. The predicted octanol–water partition coefficient (Wildman–Crippen LogP) is 5.59. The van der Waals surface area contributed by atoms with E-state index in [4.69, 9.17) is 23.2 Å². The van der Waals surface area contributed by atoms with Gasteiger partial charge >= 0.3 is 0 Å². The number of anilines is 2. The summed E-state index contributed by atoms with van der Waals surface area (Å²) in [6, 6.07) is 9.11. The molecule has 0 aliphatic heterocycles. The van der Waals surface area contributed by atoms with Gasteiger partial charge in [0.2, 0.25) is 0 Å². The molecule has 1 aromatic carbocycles. The van der Waals surface area contributed by atoms with E-state index in [-0.39, 0.29) is 0 Å². The first-order valence-corrected chi connectivity index (χ1v) is 9.16. The molecular formula is C19H16Cl2N6. The summed E-state index contributed by atoms with van der Waals surface area (Å²) < 4.78 is 0. The van der Waals surface area contributed by atoms with E-state index in [1.807, 2.05) is 12.1 Å². The Balaban J connectivity index is 1.77. The molecule has 27 heavy (non-hydrogen) atoms. The fourth-order valence-electron chi connectivity index (χ4n) is 2.75. The van der Waals surface area contributed by atoms with Crippen molar-refractivity contribution in [3.05, 3.63) is 58.6 Å². The molecule has 8 heteroatoms. The van der Waals surface area contributed by atoms with Crippen LogP contribution in [0, 0.1) is 0 Å². The van der Waals surface area contributed by atoms with Crippen LogP contribution in [0.4, 0.5) is 11.6 Å². The summed E-state index contributed by atoms with van der Waals surface area (Å²) in [5.41, 5.74) is 3.10. The summed E-state index contributed by atoms with van der Waals surface area (Å²) in [7, 11) is 0. The number of pyridine rings is 1. The van der Waals surface area contributed by atoms with Crippen molar-refractivity contribution in [1.82, 2.24) is 24.9 Å². The van der Waals surface area contributed by atoms with E-state index in [0.29, 0.717) is 44.5 Å². The number of aromatic nitrogens is 5. The Morgan fingerprint density at radius 1 is 1.04 bits per heavy atom. The van der Waals surface area contributed by atoms with Crippen LogP contribution in [0.15, 0.2) is 42.9 Å². The Kier molecular flexibility index (Phi) is 4.68. The van der Waals surface area contributed by atoms with Gasteiger partial charge in [-0.3, -0.25) is 0 Å². The van der Waals surface area contributed by atoms with Gasteiger partial charge in [0, 0.05) is 18.0 Å². The van der Waals surface area contributed by atoms with Crippen LogP contribution in [0.5, 0.6) is 0 Å². The SMILES string of the molecule is CC(C)c1cc(Nc2nccc3[nH]c(-c4c(Cl)cccc4Cl)nc23)ncn1. The first-order valence-electron chi connectivity index (χ1n) is 8.41. The number of nitrogens with zero attached hydrogens (tertiary/aromatic N) is 4. The topological polar surface area (TPSA) is 79.4 Å². The number of nitrogens with one attached hydrogen (secondary N) is 2. The summed E-state index contributed by atoms with van der Waals surface area (Å²) in [4.78, 5) is 20.9. The highest BCUT2D eigenvalue weighted by molar-refractivity contribution is 6.39. The van der Waals surface area contributed by atoms with E-state index in [9.17, 15) is 0 Å². The first-order chi connectivity index (χ1) is 13.0. The molecule has 0 saturated carbocycles. The van der Waals surface area contributed by atoms with Crippen molar-refractivity contribution in [2.45, 2.75) is 19.8 Å². The molecule has 0 aliphatic rings. The first kappa shape index (κ1) is 17.7. The minimum Gasteiger partial charge on any atom is -0.338 e. The predicted molar refractivity (Wildman–Crippen MR) is 109 cm³/mol. The number of benzene rings is 1. The molecule has 0 aliphatic carbocycles. The lowest BCUT2D eigenvalue weighted by atomic mass is 10.1. The third-order valence-corrected chi connectivity index (χ3v) is 4.76. The number of H-pyrrole nitrogens is 1. The monoisotopic (exact) mass is 398 g/mol. The lowest BCUT2D eigenvalue weighted by molar-refractivity contribution is 0.815. The maximum atomic E-state index is 6.32. The van der Waals surface area contributed by atoms with Gasteiger partial charge in [-0.25, -0.2) is 19.9 Å². The van der Waals surface area contributed by atoms with E-state index < -0.39 is 0 Å². The summed E-state index contributed by atoms with van der Waals surface area (Å²) in [5, 5.41) is 4.28. The summed E-state index contributed by atoms with van der Waals surface area (Å²) in [6.45, 7) is 4.16. The quantitative estimate of drug-likeness (QED) is 0.468. The van der Waals surface area contributed by atoms with Crippen LogP contribution in [-0.2, 0) is 0 Å². The number of aromatic amines is 1. The zero-order valence-corrected chi connectivity index (χ0v) is 16.2. The molecule has 4 aromatic rings. The van der Waals surface area contributed by atoms with Crippen LogP contribution in [0.3, 0.4) is 0 Å². The fourth-order valence-corrected chi connectivity index (χ4v) is 3.32. The van der Waals surface area contributed by atoms with E-state index in [1.54, 1.807) is 24.4 Å². The van der Waals surface area contributed by atoms with Crippen LogP contribution < -0.4 is 5.32 Å². The molecule has 0 saturated heterocycles. The second-order valence-corrected chi connectivity index (χ2v) is 7.16. The van der Waals surface area contributed by atoms with Crippen molar-refractivity contribution in [3.8, 4) is 11.4 Å². The average molecular weight is 399 g/mol. The molecule has 0 radical (unpaired) electrons. The van der Waals surface area contributed by atoms with Crippen molar-refractivity contribution >= 4 is 45.9 Å². The van der Waals surface area contributed by atoms with Gasteiger partial charge < -0.3 is 10.3 Å². The molecular weight excluding hydrogens is 383 g/mol. The van der Waals surface area contributed by atoms with Gasteiger partial charge in [-0.15, -0.1) is 0 Å². The molecule has 0 amide bonds. The molecule has 0 atom stereocenters. The van der Waals surface area contributed by atoms with Crippen molar-refractivity contribution in [2.24, 2.45) is 0 Å². The van der Waals surface area contributed by atoms with E-state index >= 15 is 0 Å². The Labute approximate surface area is 166 Å². The molecule has 3 heterocycles. The van der Waals surface area contributed by atoms with E-state index in [2.05, 4.69) is 44.1 Å². The Morgan fingerprint density at radius 3 is 2.56 bits per heavy atom. The van der Waals surface area contributed by atoms with Gasteiger partial charge in [0.1, 0.15) is 23.5 Å². The van der Waals surface area contributed by atoms with Crippen LogP contribution in [0.2, 0.25) is 10.0 Å². The highest BCUT2D eigenvalue weighted by Gasteiger charge is 2.15. The molecule has 0 spiro atoms. The molecule has 0 fully saturated rings. The normalized spacial score (nSPS) is 11.3. The molecule has 4 rings (SSSR count). The highest BCUT2D eigenvalue weighted by atomic mass is 35.5. The van der Waals surface area contributed by atoms with Gasteiger partial charge in [-0.1, -0.05) is 43.1 Å². The van der Waals surface area contributed by atoms with Gasteiger partial charge in [0.05, 0.1) is 21.1 Å². The van der Waals surface area contributed by atoms with Crippen molar-refractivity contribution in [3.63, 3.8) is 0 Å². The lowest BCUT2D eigenvalue weighted by Crippen LogP contribution is -2.00. The highest BCUT2D eigenvalue weighted by Crippen LogP contribution is 2.35. The molecule has 0 bridgehead atoms. The van der Waals surface area contributed by atoms with E-state index in [1.165, 1.54) is 6.33 Å². The number of fused-ring (bicyclic) bond motifs is 1. The third-order valence-electron chi connectivity index (χ3n) is 4.13. The van der Waals surface area contributed by atoms with Gasteiger partial charge in [-0.2, -0.15) is 0 Å². The second kappa shape index (κ2) is 7.13. The number of imidazole rings is 1. The Morgan fingerprint density at radius 2 is 1.81 bits per heavy atom. The van der Waals surface area contributed by atoms with Gasteiger partial charge in [0.15, 0.2) is 5.82 Å². The number of hydrogen-bond donors (Lipinski definition) is 2. The van der Waals surface area contributed by atoms with Crippen molar-refractivity contribution in [1.29, 1.82) is 0 Å². The van der Waals surface area contributed by atoms with Crippen LogP contribution in [0.25, 0.3) is 22.4 Å². The molecule has 0 unspecified atom stereocenters. The van der Waals surface area contributed by atoms with Crippen LogP contribution in [-0.4, -0.2) is 24.9 Å². The second-order valence-electron chi connectivity index (χ2n) is 6.35. The fraction of sp³-hybridized carbons (Fsp3) is 0.158. The third kappa shape index (κ3) is 3.46. The van der Waals surface area contributed by atoms with Gasteiger partial charge in [0.25, 0.3) is 0 Å². The number of hydrogen-bond acceptors (Lipinski definition) is 5. The van der Waals surface area contributed by atoms with Gasteiger partial charge in [-0.05, 0) is 24.1 Å². The Hall–Kier alpha value is -2.70. The average Bonchev–Trinajstić information content (AvgIpc) is 3.06. The zero-order valence-electron chi connectivity index (χ0n) is 14.7. The zero-order chi connectivity index (χ0) is 19.0. The molecule has 3 aromatic heterocycles. The van der Waals surface area contributed by atoms with Crippen molar-refractivity contribution < 1.29 is 0 Å². The standard InChI is InChI=1S/C19H16Cl2N6/c1-10(2)14-8-15(24-9-23-14)26-19-17-13(6-7-22-19)25-18(27-17)16-11(20)4-3-5-12(16)21/h3-10H,1-2H3,(H,25,27)(H,22,23,24,26). The minimum atomic E-state index is 0.302. The van der Waals surface area contributed by atoms with Crippen LogP contribution >= 0.6 is 23.2 Å². The smallest absolute Gasteiger partial charge is 0.159 e. The maximum absolute atomic E-state index is 6.32. The summed E-state index contributed by atoms with van der Waals surface area (Å²) in [6.07, 6.45) is 3.24. The maximum Gasteiger partial charge on any atom is 0.159 e. The largest absolute Gasteiger partial charge is 0.338 e. The number of rotatable bonds is 4. The summed E-state index contributed by atoms with van der Waals surface area (Å²) in [5.74, 6) is 2.14. The Bertz CT molecular complexity index is 1100. The molecule has 6 nitrogen and oxygen atoms in total. The minimum absolute atomic E-state index is 0.302. The number of halogens is 2. The van der Waals surface area contributed by atoms with Crippen LogP contribution in [0.1, 0.15) is 25.5 Å². The summed E-state index contributed by atoms with van der Waals surface area (Å²) >= 11 is 12.6. The molecule has 136 valence electrons.